The number of benzene rings is 2. The van der Waals surface area contributed by atoms with Crippen molar-refractivity contribution in [3.63, 3.8) is 0 Å². The number of carboxylic acids is 1. The number of fused-ring (bicyclic) bond motifs is 4. The van der Waals surface area contributed by atoms with Gasteiger partial charge in [0, 0.05) is 43.7 Å². The van der Waals surface area contributed by atoms with Crippen LogP contribution in [0.2, 0.25) is 0 Å². The average molecular weight is 733 g/mol. The van der Waals surface area contributed by atoms with Crippen LogP contribution in [0.5, 0.6) is 0 Å². The van der Waals surface area contributed by atoms with Gasteiger partial charge in [0.05, 0.1) is 24.1 Å². The Balaban J connectivity index is 1.57. The number of carbonyl (C=O) groups is 2. The maximum atomic E-state index is 16.0. The molecule has 0 saturated carbocycles. The molecule has 0 unspecified atom stereocenters. The van der Waals surface area contributed by atoms with E-state index in [-0.39, 0.29) is 23.7 Å². The topological polar surface area (TPSA) is 114 Å². The number of nitrogens with zero attached hydrogens (tertiary/aromatic N) is 3. The maximum Gasteiger partial charge on any atom is 0.419 e. The fourth-order valence-electron chi connectivity index (χ4n) is 7.32. The summed E-state index contributed by atoms with van der Waals surface area (Å²) in [6.45, 7) is 8.00. The van der Waals surface area contributed by atoms with Crippen LogP contribution in [0.3, 0.4) is 0 Å². The summed E-state index contributed by atoms with van der Waals surface area (Å²) in [5, 5.41) is 12.3. The van der Waals surface area contributed by atoms with Gasteiger partial charge in [0.25, 0.3) is 0 Å². The molecule has 2 aromatic carbocycles. The van der Waals surface area contributed by atoms with Crippen molar-refractivity contribution < 1.29 is 41.4 Å². The quantitative estimate of drug-likeness (QED) is 0.244. The highest BCUT2D eigenvalue weighted by Crippen LogP contribution is 2.40. The lowest BCUT2D eigenvalue weighted by atomic mass is 9.87. The van der Waals surface area contributed by atoms with Crippen LogP contribution in [0.25, 0.3) is 11.1 Å². The van der Waals surface area contributed by atoms with Crippen molar-refractivity contribution in [2.75, 3.05) is 26.2 Å². The number of halogens is 5. The Morgan fingerprint density at radius 1 is 1.04 bits per heavy atom. The Morgan fingerprint density at radius 2 is 1.75 bits per heavy atom. The highest BCUT2D eigenvalue weighted by atomic mass is 19.4. The lowest BCUT2D eigenvalue weighted by Crippen LogP contribution is -2.52. The number of aromatic nitrogens is 2. The number of ether oxygens (including phenoxy) is 1. The van der Waals surface area contributed by atoms with Crippen molar-refractivity contribution in [3.05, 3.63) is 86.1 Å². The molecule has 0 aliphatic carbocycles. The predicted molar refractivity (Wildman–Crippen MR) is 184 cm³/mol. The van der Waals surface area contributed by atoms with Crippen LogP contribution >= 0.6 is 0 Å². The number of hydrogen-bond donors (Lipinski definition) is 2. The van der Waals surface area contributed by atoms with E-state index in [4.69, 9.17) is 4.74 Å². The molecular formula is C38H45F5N4O5. The standard InChI is InChI=1S/C38H45F5N4O5/c1-4-52-28-20-46(21-28)13-12-25-19-47(37(51)44-23(25)3)32-11-9-7-5-6-8-10-24-15-27(39)14-22(2)34(24)26-16-29(31(18-33(48)49)45-36(32)50)35(40)30(17-26)38(41,42)43/h14-17,19,28,31-32H,4-13,18,20-21H2,1-3H3,(H,45,50)(H,48,49)/t31-,32-/m0/s1. The Hall–Kier alpha value is -4.17. The minimum absolute atomic E-state index is 0.0807. The second-order valence-corrected chi connectivity index (χ2v) is 13.8. The lowest BCUT2D eigenvalue weighted by Gasteiger charge is -2.38. The third-order valence-electron chi connectivity index (χ3n) is 9.98. The molecule has 2 aliphatic heterocycles. The molecule has 282 valence electrons. The number of alkyl halides is 3. The van der Waals surface area contributed by atoms with E-state index in [9.17, 15) is 37.1 Å². The third-order valence-corrected chi connectivity index (χ3v) is 9.98. The van der Waals surface area contributed by atoms with E-state index in [1.807, 2.05) is 6.92 Å². The number of aryl methyl sites for hydroxylation is 3. The fraction of sp³-hybridized carbons (Fsp3) is 0.526. The Bertz CT molecular complexity index is 1840. The van der Waals surface area contributed by atoms with Gasteiger partial charge < -0.3 is 15.2 Å². The minimum Gasteiger partial charge on any atom is -0.481 e. The predicted octanol–water partition coefficient (Wildman–Crippen LogP) is 6.86. The number of carboxylic acid groups (broad SMARTS) is 1. The monoisotopic (exact) mass is 732 g/mol. The molecular weight excluding hydrogens is 687 g/mol. The molecule has 2 bridgehead atoms. The second-order valence-electron chi connectivity index (χ2n) is 13.8. The molecule has 2 N–H and O–H groups in total. The molecule has 52 heavy (non-hydrogen) atoms. The van der Waals surface area contributed by atoms with E-state index in [0.29, 0.717) is 74.6 Å². The van der Waals surface area contributed by atoms with Gasteiger partial charge in [0.2, 0.25) is 5.91 Å². The fourth-order valence-corrected chi connectivity index (χ4v) is 7.32. The number of rotatable bonds is 8. The third kappa shape index (κ3) is 9.24. The van der Waals surface area contributed by atoms with Crippen LogP contribution < -0.4 is 11.0 Å². The van der Waals surface area contributed by atoms with Crippen molar-refractivity contribution in [3.8, 4) is 11.1 Å². The van der Waals surface area contributed by atoms with Gasteiger partial charge in [-0.05, 0) is 98.5 Å². The van der Waals surface area contributed by atoms with Gasteiger partial charge in [-0.3, -0.25) is 19.1 Å². The van der Waals surface area contributed by atoms with Gasteiger partial charge in [0.1, 0.15) is 17.7 Å². The van der Waals surface area contributed by atoms with Crippen molar-refractivity contribution in [2.45, 2.75) is 103 Å². The van der Waals surface area contributed by atoms with Gasteiger partial charge in [0.15, 0.2) is 0 Å². The molecule has 1 amide bonds. The molecule has 2 atom stereocenters. The first-order chi connectivity index (χ1) is 24.7. The van der Waals surface area contributed by atoms with Crippen molar-refractivity contribution in [2.24, 2.45) is 0 Å². The van der Waals surface area contributed by atoms with Crippen LogP contribution in [0.4, 0.5) is 22.0 Å². The van der Waals surface area contributed by atoms with Crippen LogP contribution in [0.15, 0.2) is 35.3 Å². The molecule has 1 aromatic heterocycles. The zero-order valence-electron chi connectivity index (χ0n) is 29.6. The highest BCUT2D eigenvalue weighted by Gasteiger charge is 2.38. The van der Waals surface area contributed by atoms with Crippen molar-refractivity contribution in [1.29, 1.82) is 0 Å². The van der Waals surface area contributed by atoms with Crippen LogP contribution in [0, 0.1) is 25.5 Å². The van der Waals surface area contributed by atoms with Gasteiger partial charge in [-0.15, -0.1) is 0 Å². The molecule has 14 heteroatoms. The van der Waals surface area contributed by atoms with Crippen LogP contribution in [-0.4, -0.2) is 63.8 Å². The first kappa shape index (κ1) is 39.0. The van der Waals surface area contributed by atoms with Crippen LogP contribution in [-0.2, 0) is 33.3 Å². The smallest absolute Gasteiger partial charge is 0.419 e. The first-order valence-corrected chi connectivity index (χ1v) is 17.8. The second kappa shape index (κ2) is 16.7. The number of likely N-dealkylation sites (tertiary alicyclic amines) is 1. The van der Waals surface area contributed by atoms with E-state index in [0.717, 1.165) is 31.1 Å². The zero-order chi connectivity index (χ0) is 37.7. The molecule has 0 radical (unpaired) electrons. The number of amides is 1. The van der Waals surface area contributed by atoms with Gasteiger partial charge in [-0.25, -0.2) is 13.6 Å². The summed E-state index contributed by atoms with van der Waals surface area (Å²) in [6.07, 6.45) is -0.177. The van der Waals surface area contributed by atoms with Crippen molar-refractivity contribution in [1.82, 2.24) is 19.8 Å². The molecule has 3 aromatic rings. The van der Waals surface area contributed by atoms with Gasteiger partial charge >= 0.3 is 17.8 Å². The molecule has 1 saturated heterocycles. The summed E-state index contributed by atoms with van der Waals surface area (Å²) >= 11 is 0. The molecule has 0 spiro atoms. The summed E-state index contributed by atoms with van der Waals surface area (Å²) in [5.41, 5.74) is -0.845. The molecule has 9 nitrogen and oxygen atoms in total. The lowest BCUT2D eigenvalue weighted by molar-refractivity contribution is -0.140. The molecule has 5 rings (SSSR count). The first-order valence-electron chi connectivity index (χ1n) is 17.8. The summed E-state index contributed by atoms with van der Waals surface area (Å²) in [4.78, 5) is 46.0. The van der Waals surface area contributed by atoms with Gasteiger partial charge in [-0.1, -0.05) is 25.7 Å². The number of aliphatic carboxylic acids is 1. The minimum atomic E-state index is -5.18. The Morgan fingerprint density at radius 3 is 2.44 bits per heavy atom. The largest absolute Gasteiger partial charge is 0.481 e. The molecule has 2 aliphatic rings. The van der Waals surface area contributed by atoms with Crippen molar-refractivity contribution >= 4 is 11.9 Å². The van der Waals surface area contributed by atoms with E-state index in [1.54, 1.807) is 20.0 Å². The summed E-state index contributed by atoms with van der Waals surface area (Å²) in [6, 6.07) is 1.23. The maximum absolute atomic E-state index is 16.0. The molecule has 3 heterocycles. The van der Waals surface area contributed by atoms with E-state index in [2.05, 4.69) is 15.2 Å². The van der Waals surface area contributed by atoms with E-state index < -0.39 is 65.0 Å². The summed E-state index contributed by atoms with van der Waals surface area (Å²) in [7, 11) is 0. The Kier molecular flexibility index (Phi) is 12.5. The van der Waals surface area contributed by atoms with Gasteiger partial charge in [-0.2, -0.15) is 18.2 Å². The number of carbonyl (C=O) groups excluding carboxylic acids is 1. The van der Waals surface area contributed by atoms with E-state index in [1.165, 1.54) is 16.7 Å². The Labute approximate surface area is 299 Å². The highest BCUT2D eigenvalue weighted by molar-refractivity contribution is 5.82. The van der Waals surface area contributed by atoms with Crippen LogP contribution in [0.1, 0.15) is 97.5 Å². The normalized spacial score (nSPS) is 19.5. The SMILES string of the molecule is CCOC1CN(CCc2cn([C@H]3CCCCCCCc4cc(F)cc(C)c4-c4cc(c(F)c(C(F)(F)F)c4)[C@H](CC(=O)O)NC3=O)c(=O)nc2C)C1. The summed E-state index contributed by atoms with van der Waals surface area (Å²) < 4.78 is 80.5. The number of nitrogens with one attached hydrogen (secondary N) is 1. The zero-order valence-corrected chi connectivity index (χ0v) is 29.6. The summed E-state index contributed by atoms with van der Waals surface area (Å²) in [5.74, 6) is -4.64. The average Bonchev–Trinajstić information content (AvgIpc) is 3.03. The van der Waals surface area contributed by atoms with E-state index >= 15 is 4.39 Å². The number of hydrogen-bond acceptors (Lipinski definition) is 6. The molecule has 1 fully saturated rings.